The van der Waals surface area contributed by atoms with E-state index in [9.17, 15) is 14.0 Å². The number of benzene rings is 2. The Morgan fingerprint density at radius 1 is 1.10 bits per heavy atom. The number of esters is 1. The van der Waals surface area contributed by atoms with E-state index in [-0.39, 0.29) is 30.2 Å². The standard InChI is InChI=1S/C29H25FN4O4S/c1-37-28(36)19-6-4-5-18(17-19)23-12-13-24(38-23)27-26(22-7-2-3-15-31-22)33-29(39)34(27)16-14-25(35)32-21-10-8-20(30)9-11-21/h2-13,15,17,26-27H,14,16H2,1H3,(H,32,35)(H,33,39). The molecule has 2 unspecified atom stereocenters. The molecule has 0 saturated carbocycles. The van der Waals surface area contributed by atoms with E-state index in [4.69, 9.17) is 21.4 Å². The lowest BCUT2D eigenvalue weighted by Crippen LogP contribution is -2.32. The van der Waals surface area contributed by atoms with E-state index in [2.05, 4.69) is 15.6 Å². The number of halogens is 1. The highest BCUT2D eigenvalue weighted by atomic mass is 32.1. The summed E-state index contributed by atoms with van der Waals surface area (Å²) in [7, 11) is 1.34. The molecule has 2 aromatic carbocycles. The maximum atomic E-state index is 13.2. The predicted molar refractivity (Wildman–Crippen MR) is 147 cm³/mol. The Bertz CT molecular complexity index is 1490. The van der Waals surface area contributed by atoms with Gasteiger partial charge in [-0.1, -0.05) is 18.2 Å². The van der Waals surface area contributed by atoms with Crippen LogP contribution in [0.2, 0.25) is 0 Å². The zero-order chi connectivity index (χ0) is 27.4. The summed E-state index contributed by atoms with van der Waals surface area (Å²) in [5, 5.41) is 6.58. The number of carbonyl (C=O) groups excluding carboxylic acids is 2. The summed E-state index contributed by atoms with van der Waals surface area (Å²) in [4.78, 5) is 31.1. The zero-order valence-corrected chi connectivity index (χ0v) is 21.8. The SMILES string of the molecule is COC(=O)c1cccc(-c2ccc(C3C(c4ccccn4)NC(=S)N3CCC(=O)Nc3ccc(F)cc3)o2)c1. The third-order valence-corrected chi connectivity index (χ3v) is 6.74. The van der Waals surface area contributed by atoms with E-state index in [1.807, 2.05) is 41.3 Å². The topological polar surface area (TPSA) is 96.7 Å². The number of anilines is 1. The molecule has 5 rings (SSSR count). The Kier molecular flexibility index (Phi) is 7.64. The number of nitrogens with zero attached hydrogens (tertiary/aromatic N) is 2. The van der Waals surface area contributed by atoms with Crippen molar-refractivity contribution in [2.24, 2.45) is 0 Å². The zero-order valence-electron chi connectivity index (χ0n) is 21.0. The fourth-order valence-corrected chi connectivity index (χ4v) is 4.85. The summed E-state index contributed by atoms with van der Waals surface area (Å²) in [5.41, 5.74) is 2.42. The Balaban J connectivity index is 1.40. The highest BCUT2D eigenvalue weighted by molar-refractivity contribution is 7.80. The molecule has 1 fully saturated rings. The molecule has 1 aliphatic heterocycles. The van der Waals surface area contributed by atoms with Crippen molar-refractivity contribution < 1.29 is 23.1 Å². The number of furan rings is 1. The third-order valence-electron chi connectivity index (χ3n) is 6.39. The fraction of sp³-hybridized carbons (Fsp3) is 0.172. The highest BCUT2D eigenvalue weighted by Crippen LogP contribution is 2.40. The van der Waals surface area contributed by atoms with E-state index in [0.29, 0.717) is 34.4 Å². The molecule has 10 heteroatoms. The Labute approximate surface area is 229 Å². The quantitative estimate of drug-likeness (QED) is 0.229. The first-order valence-corrected chi connectivity index (χ1v) is 12.7. The number of amides is 1. The summed E-state index contributed by atoms with van der Waals surface area (Å²) in [6.45, 7) is 0.306. The van der Waals surface area contributed by atoms with Gasteiger partial charge in [-0.05, 0) is 72.9 Å². The van der Waals surface area contributed by atoms with Gasteiger partial charge in [-0.25, -0.2) is 9.18 Å². The summed E-state index contributed by atoms with van der Waals surface area (Å²) in [5.74, 6) is 0.149. The van der Waals surface area contributed by atoms with Crippen molar-refractivity contribution in [1.29, 1.82) is 0 Å². The molecule has 0 bridgehead atoms. The molecular formula is C29H25FN4O4S. The first-order valence-electron chi connectivity index (χ1n) is 12.2. The van der Waals surface area contributed by atoms with Crippen molar-refractivity contribution in [3.05, 3.63) is 108 Å². The van der Waals surface area contributed by atoms with Crippen LogP contribution >= 0.6 is 12.2 Å². The summed E-state index contributed by atoms with van der Waals surface area (Å²) < 4.78 is 24.4. The number of thiocarbonyl (C=S) groups is 1. The minimum absolute atomic E-state index is 0.138. The van der Waals surface area contributed by atoms with Crippen LogP contribution in [0.5, 0.6) is 0 Å². The van der Waals surface area contributed by atoms with Crippen LogP contribution < -0.4 is 10.6 Å². The Morgan fingerprint density at radius 3 is 2.67 bits per heavy atom. The lowest BCUT2D eigenvalue weighted by molar-refractivity contribution is -0.116. The molecule has 2 aromatic heterocycles. The molecule has 4 aromatic rings. The van der Waals surface area contributed by atoms with Crippen LogP contribution in [0.25, 0.3) is 11.3 Å². The molecule has 2 atom stereocenters. The number of rotatable bonds is 8. The summed E-state index contributed by atoms with van der Waals surface area (Å²) >= 11 is 5.67. The number of nitrogens with one attached hydrogen (secondary N) is 2. The molecule has 2 N–H and O–H groups in total. The number of pyridine rings is 1. The molecular weight excluding hydrogens is 519 g/mol. The van der Waals surface area contributed by atoms with Crippen LogP contribution in [0.4, 0.5) is 10.1 Å². The number of ether oxygens (including phenoxy) is 1. The molecule has 198 valence electrons. The molecule has 1 saturated heterocycles. The normalized spacial score (nSPS) is 16.6. The molecule has 1 amide bonds. The molecule has 8 nitrogen and oxygen atoms in total. The van der Waals surface area contributed by atoms with Crippen LogP contribution in [0.3, 0.4) is 0 Å². The fourth-order valence-electron chi connectivity index (χ4n) is 4.52. The highest BCUT2D eigenvalue weighted by Gasteiger charge is 2.41. The van der Waals surface area contributed by atoms with Crippen molar-refractivity contribution in [1.82, 2.24) is 15.2 Å². The number of hydrogen-bond donors (Lipinski definition) is 2. The van der Waals surface area contributed by atoms with Crippen molar-refractivity contribution in [3.8, 4) is 11.3 Å². The monoisotopic (exact) mass is 544 g/mol. The van der Waals surface area contributed by atoms with Gasteiger partial charge in [0.2, 0.25) is 5.91 Å². The third kappa shape index (κ3) is 5.80. The predicted octanol–water partition coefficient (Wildman–Crippen LogP) is 5.27. The lowest BCUT2D eigenvalue weighted by Gasteiger charge is -2.25. The minimum atomic E-state index is -0.436. The molecule has 0 aliphatic carbocycles. The number of hydrogen-bond acceptors (Lipinski definition) is 6. The van der Waals surface area contributed by atoms with Crippen LogP contribution in [-0.4, -0.2) is 40.5 Å². The Morgan fingerprint density at radius 2 is 1.92 bits per heavy atom. The van der Waals surface area contributed by atoms with Gasteiger partial charge in [0.15, 0.2) is 5.11 Å². The molecule has 0 spiro atoms. The average Bonchev–Trinajstić information content (AvgIpc) is 3.58. The number of carbonyl (C=O) groups is 2. The lowest BCUT2D eigenvalue weighted by atomic mass is 10.0. The molecule has 3 heterocycles. The van der Waals surface area contributed by atoms with Crippen molar-refractivity contribution in [2.45, 2.75) is 18.5 Å². The molecule has 0 radical (unpaired) electrons. The van der Waals surface area contributed by atoms with Crippen LogP contribution in [0.1, 0.15) is 40.3 Å². The molecule has 39 heavy (non-hydrogen) atoms. The van der Waals surface area contributed by atoms with Gasteiger partial charge in [-0.15, -0.1) is 0 Å². The second-order valence-corrected chi connectivity index (χ2v) is 9.29. The van der Waals surface area contributed by atoms with Gasteiger partial charge < -0.3 is 24.7 Å². The van der Waals surface area contributed by atoms with Gasteiger partial charge in [0.25, 0.3) is 0 Å². The first kappa shape index (κ1) is 26.1. The largest absolute Gasteiger partial charge is 0.465 e. The van der Waals surface area contributed by atoms with Gasteiger partial charge in [0, 0.05) is 30.4 Å². The number of aromatic nitrogens is 1. The van der Waals surface area contributed by atoms with Gasteiger partial charge in [0.05, 0.1) is 24.4 Å². The average molecular weight is 545 g/mol. The van der Waals surface area contributed by atoms with E-state index in [1.54, 1.807) is 24.4 Å². The minimum Gasteiger partial charge on any atom is -0.465 e. The second kappa shape index (κ2) is 11.4. The van der Waals surface area contributed by atoms with E-state index >= 15 is 0 Å². The Hall–Kier alpha value is -4.57. The van der Waals surface area contributed by atoms with E-state index < -0.39 is 5.97 Å². The number of methoxy groups -OCH3 is 1. The van der Waals surface area contributed by atoms with Crippen LogP contribution in [-0.2, 0) is 9.53 Å². The summed E-state index contributed by atoms with van der Waals surface area (Å²) in [6.07, 6.45) is 1.85. The first-order chi connectivity index (χ1) is 18.9. The maximum absolute atomic E-state index is 13.2. The van der Waals surface area contributed by atoms with Crippen LogP contribution in [0, 0.1) is 5.82 Å². The second-order valence-electron chi connectivity index (χ2n) is 8.90. The van der Waals surface area contributed by atoms with Gasteiger partial charge in [-0.3, -0.25) is 9.78 Å². The van der Waals surface area contributed by atoms with Gasteiger partial charge >= 0.3 is 5.97 Å². The van der Waals surface area contributed by atoms with Crippen molar-refractivity contribution in [3.63, 3.8) is 0 Å². The van der Waals surface area contributed by atoms with Crippen LogP contribution in [0.15, 0.2) is 89.5 Å². The summed E-state index contributed by atoms with van der Waals surface area (Å²) in [6, 6.07) is 21.2. The van der Waals surface area contributed by atoms with E-state index in [1.165, 1.54) is 31.4 Å². The van der Waals surface area contributed by atoms with Crippen molar-refractivity contribution >= 4 is 34.9 Å². The van der Waals surface area contributed by atoms with Gasteiger partial charge in [-0.2, -0.15) is 0 Å². The van der Waals surface area contributed by atoms with E-state index in [0.717, 1.165) is 11.3 Å². The maximum Gasteiger partial charge on any atom is 0.337 e. The van der Waals surface area contributed by atoms with Crippen molar-refractivity contribution in [2.75, 3.05) is 19.0 Å². The molecule has 1 aliphatic rings. The van der Waals surface area contributed by atoms with Gasteiger partial charge in [0.1, 0.15) is 23.4 Å². The smallest absolute Gasteiger partial charge is 0.337 e.